The van der Waals surface area contributed by atoms with Crippen LogP contribution in [0.3, 0.4) is 0 Å². The first-order valence-corrected chi connectivity index (χ1v) is 9.68. The van der Waals surface area contributed by atoms with E-state index in [9.17, 15) is 9.59 Å². The van der Waals surface area contributed by atoms with Crippen LogP contribution in [0.15, 0.2) is 48.5 Å². The highest BCUT2D eigenvalue weighted by molar-refractivity contribution is 5.75. The lowest BCUT2D eigenvalue weighted by molar-refractivity contribution is 0.111. The zero-order valence-corrected chi connectivity index (χ0v) is 15.8. The van der Waals surface area contributed by atoms with Crippen LogP contribution in [-0.4, -0.2) is 25.8 Å². The van der Waals surface area contributed by atoms with Gasteiger partial charge in [-0.05, 0) is 61.4 Å². The number of hydrogen-bond acceptors (Lipinski definition) is 4. The van der Waals surface area contributed by atoms with Gasteiger partial charge in [-0.3, -0.25) is 9.59 Å². The van der Waals surface area contributed by atoms with Crippen LogP contribution in [-0.2, 0) is 0 Å². The smallest absolute Gasteiger partial charge is 0.150 e. The van der Waals surface area contributed by atoms with E-state index in [1.54, 1.807) is 24.3 Å². The molecule has 0 fully saturated rings. The third-order valence-electron chi connectivity index (χ3n) is 4.36. The summed E-state index contributed by atoms with van der Waals surface area (Å²) in [5.41, 5.74) is 1.34. The van der Waals surface area contributed by atoms with Crippen molar-refractivity contribution < 1.29 is 19.1 Å². The number of rotatable bonds is 14. The van der Waals surface area contributed by atoms with Gasteiger partial charge < -0.3 is 9.47 Å². The minimum Gasteiger partial charge on any atom is -0.494 e. The summed E-state index contributed by atoms with van der Waals surface area (Å²) in [5.74, 6) is 1.64. The predicted octanol–water partition coefficient (Wildman–Crippen LogP) is 5.50. The molecule has 0 atom stereocenters. The molecule has 144 valence electrons. The third kappa shape index (κ3) is 8.54. The second-order valence-electron chi connectivity index (χ2n) is 6.55. The highest BCUT2D eigenvalue weighted by Gasteiger charge is 1.97. The van der Waals surface area contributed by atoms with Crippen molar-refractivity contribution in [1.29, 1.82) is 0 Å². The lowest BCUT2D eigenvalue weighted by Crippen LogP contribution is -1.98. The SMILES string of the molecule is O=Cc1ccc(OCCCCCCCCCOc2ccc(C=O)cc2)cc1. The van der Waals surface area contributed by atoms with Crippen molar-refractivity contribution in [2.24, 2.45) is 0 Å². The van der Waals surface area contributed by atoms with E-state index in [0.29, 0.717) is 11.1 Å². The molecule has 4 nitrogen and oxygen atoms in total. The molecule has 0 saturated carbocycles. The topological polar surface area (TPSA) is 52.6 Å². The molecule has 0 aliphatic carbocycles. The van der Waals surface area contributed by atoms with Crippen LogP contribution in [0, 0.1) is 0 Å². The number of carbonyl (C=O) groups is 2. The van der Waals surface area contributed by atoms with Crippen LogP contribution in [0.1, 0.15) is 65.7 Å². The maximum Gasteiger partial charge on any atom is 0.150 e. The summed E-state index contributed by atoms with van der Waals surface area (Å²) in [4.78, 5) is 21.2. The molecule has 2 aromatic carbocycles. The van der Waals surface area contributed by atoms with Crippen LogP contribution in [0.2, 0.25) is 0 Å². The van der Waals surface area contributed by atoms with E-state index in [-0.39, 0.29) is 0 Å². The molecule has 0 N–H and O–H groups in total. The molecule has 0 saturated heterocycles. The maximum absolute atomic E-state index is 10.6. The lowest BCUT2D eigenvalue weighted by Gasteiger charge is -2.07. The van der Waals surface area contributed by atoms with Crippen LogP contribution < -0.4 is 9.47 Å². The highest BCUT2D eigenvalue weighted by Crippen LogP contribution is 2.14. The minimum absolute atomic E-state index is 0.670. The zero-order valence-electron chi connectivity index (χ0n) is 15.8. The fourth-order valence-electron chi connectivity index (χ4n) is 2.75. The summed E-state index contributed by atoms with van der Waals surface area (Å²) in [6, 6.07) is 14.4. The van der Waals surface area contributed by atoms with Crippen molar-refractivity contribution in [3.63, 3.8) is 0 Å². The molecule has 0 amide bonds. The van der Waals surface area contributed by atoms with Gasteiger partial charge in [0.05, 0.1) is 13.2 Å². The molecule has 0 aliphatic rings. The standard InChI is InChI=1S/C23H28O4/c24-18-20-8-12-22(13-9-20)26-16-6-4-2-1-3-5-7-17-27-23-14-10-21(19-25)11-15-23/h8-15,18-19H,1-7,16-17H2. The summed E-state index contributed by atoms with van der Waals surface area (Å²) in [6.07, 6.45) is 9.80. The van der Waals surface area contributed by atoms with Crippen molar-refractivity contribution in [2.45, 2.75) is 44.9 Å². The Morgan fingerprint density at radius 3 is 1.19 bits per heavy atom. The zero-order chi connectivity index (χ0) is 19.2. The summed E-state index contributed by atoms with van der Waals surface area (Å²) in [5, 5.41) is 0. The van der Waals surface area contributed by atoms with Gasteiger partial charge in [0.1, 0.15) is 24.1 Å². The molecule has 0 heterocycles. The monoisotopic (exact) mass is 368 g/mol. The van der Waals surface area contributed by atoms with E-state index in [0.717, 1.165) is 50.1 Å². The predicted molar refractivity (Wildman–Crippen MR) is 107 cm³/mol. The second-order valence-corrected chi connectivity index (χ2v) is 6.55. The van der Waals surface area contributed by atoms with Gasteiger partial charge >= 0.3 is 0 Å². The van der Waals surface area contributed by atoms with E-state index in [4.69, 9.17) is 9.47 Å². The van der Waals surface area contributed by atoms with E-state index >= 15 is 0 Å². The first-order chi connectivity index (χ1) is 13.3. The van der Waals surface area contributed by atoms with Crippen LogP contribution >= 0.6 is 0 Å². The van der Waals surface area contributed by atoms with Gasteiger partial charge in [0.25, 0.3) is 0 Å². The molecular formula is C23H28O4. The Morgan fingerprint density at radius 1 is 0.519 bits per heavy atom. The van der Waals surface area contributed by atoms with E-state index < -0.39 is 0 Å². The Kier molecular flexibility index (Phi) is 9.72. The average molecular weight is 368 g/mol. The first-order valence-electron chi connectivity index (χ1n) is 9.68. The van der Waals surface area contributed by atoms with Gasteiger partial charge in [-0.15, -0.1) is 0 Å². The highest BCUT2D eigenvalue weighted by atomic mass is 16.5. The average Bonchev–Trinajstić information content (AvgIpc) is 2.73. The van der Waals surface area contributed by atoms with Crippen LogP contribution in [0.25, 0.3) is 0 Å². The summed E-state index contributed by atoms with van der Waals surface area (Å²) < 4.78 is 11.3. The molecule has 0 aliphatic heterocycles. The van der Waals surface area contributed by atoms with Gasteiger partial charge in [0.2, 0.25) is 0 Å². The van der Waals surface area contributed by atoms with Crippen LogP contribution in [0.5, 0.6) is 11.5 Å². The number of benzene rings is 2. The van der Waals surface area contributed by atoms with Crippen molar-refractivity contribution in [2.75, 3.05) is 13.2 Å². The fraction of sp³-hybridized carbons (Fsp3) is 0.391. The summed E-state index contributed by atoms with van der Waals surface area (Å²) >= 11 is 0. The first kappa shape index (κ1) is 20.7. The Balaban J connectivity index is 1.39. The molecule has 27 heavy (non-hydrogen) atoms. The van der Waals surface area contributed by atoms with Gasteiger partial charge in [0.15, 0.2) is 0 Å². The summed E-state index contributed by atoms with van der Waals surface area (Å²) in [6.45, 7) is 1.44. The fourth-order valence-corrected chi connectivity index (χ4v) is 2.75. The van der Waals surface area contributed by atoms with E-state index in [1.807, 2.05) is 24.3 Å². The number of ether oxygens (including phenoxy) is 2. The second kappa shape index (κ2) is 12.7. The lowest BCUT2D eigenvalue weighted by atomic mass is 10.1. The van der Waals surface area contributed by atoms with Crippen molar-refractivity contribution in [3.05, 3.63) is 59.7 Å². The van der Waals surface area contributed by atoms with Gasteiger partial charge in [-0.1, -0.05) is 32.1 Å². The van der Waals surface area contributed by atoms with Crippen molar-refractivity contribution >= 4 is 12.6 Å². The van der Waals surface area contributed by atoms with E-state index in [2.05, 4.69) is 0 Å². The maximum atomic E-state index is 10.6. The van der Waals surface area contributed by atoms with Gasteiger partial charge in [-0.25, -0.2) is 0 Å². The molecule has 2 aromatic rings. The number of unbranched alkanes of at least 4 members (excludes halogenated alkanes) is 6. The van der Waals surface area contributed by atoms with Crippen LogP contribution in [0.4, 0.5) is 0 Å². The van der Waals surface area contributed by atoms with Crippen molar-refractivity contribution in [3.8, 4) is 11.5 Å². The van der Waals surface area contributed by atoms with Gasteiger partial charge in [-0.2, -0.15) is 0 Å². The molecule has 0 unspecified atom stereocenters. The quantitative estimate of drug-likeness (QED) is 0.326. The number of aldehydes is 2. The Morgan fingerprint density at radius 2 is 0.852 bits per heavy atom. The molecule has 0 aromatic heterocycles. The number of hydrogen-bond donors (Lipinski definition) is 0. The molecular weight excluding hydrogens is 340 g/mol. The largest absolute Gasteiger partial charge is 0.494 e. The molecule has 0 spiro atoms. The summed E-state index contributed by atoms with van der Waals surface area (Å²) in [7, 11) is 0. The Bertz CT molecular complexity index is 602. The molecule has 0 bridgehead atoms. The van der Waals surface area contributed by atoms with Crippen molar-refractivity contribution in [1.82, 2.24) is 0 Å². The minimum atomic E-state index is 0.670. The van der Waals surface area contributed by atoms with Gasteiger partial charge in [0, 0.05) is 11.1 Å². The molecule has 2 rings (SSSR count). The molecule has 0 radical (unpaired) electrons. The third-order valence-corrected chi connectivity index (χ3v) is 4.36. The Labute approximate surface area is 161 Å². The normalized spacial score (nSPS) is 10.4. The Hall–Kier alpha value is -2.62. The van der Waals surface area contributed by atoms with E-state index in [1.165, 1.54) is 32.1 Å². The molecule has 4 heteroatoms. The number of carbonyl (C=O) groups excluding carboxylic acids is 2.